The maximum atomic E-state index is 12.3. The van der Waals surface area contributed by atoms with Crippen LogP contribution in [0.15, 0.2) is 47.6 Å². The number of benzene rings is 2. The van der Waals surface area contributed by atoms with Crippen molar-refractivity contribution >= 4 is 46.9 Å². The number of nitrogens with zero attached hydrogens (tertiary/aromatic N) is 3. The van der Waals surface area contributed by atoms with Crippen LogP contribution in [0.1, 0.15) is 23.9 Å². The number of amides is 1. The van der Waals surface area contributed by atoms with E-state index in [0.717, 1.165) is 16.3 Å². The number of halogens is 2. The molecule has 3 rings (SSSR count). The van der Waals surface area contributed by atoms with Gasteiger partial charge >= 0.3 is 0 Å². The smallest absolute Gasteiger partial charge is 0.244 e. The summed E-state index contributed by atoms with van der Waals surface area (Å²) in [6.07, 6.45) is 3.17. The minimum Gasteiger partial charge on any atom is -0.493 e. The molecule has 0 aliphatic rings. The van der Waals surface area contributed by atoms with Crippen LogP contribution in [-0.2, 0) is 23.6 Å². The third kappa shape index (κ3) is 6.66. The number of methoxy groups -OCH3 is 2. The zero-order chi connectivity index (χ0) is 23.8. The first-order valence-corrected chi connectivity index (χ1v) is 11.9. The van der Waals surface area contributed by atoms with Crippen LogP contribution in [0.5, 0.6) is 11.5 Å². The van der Waals surface area contributed by atoms with Gasteiger partial charge in [-0.3, -0.25) is 4.79 Å². The number of carbonyl (C=O) groups excluding carboxylic acids is 1. The molecular weight excluding hydrogens is 483 g/mol. The Morgan fingerprint density at radius 1 is 1.09 bits per heavy atom. The summed E-state index contributed by atoms with van der Waals surface area (Å²) >= 11 is 13.6. The fraction of sp³-hybridized carbons (Fsp3) is 0.261. The largest absolute Gasteiger partial charge is 0.493 e. The SMILES string of the molecule is CCn1c(CNC(=O)/C=C/c2ccc(OC)c(OC)c2)nnc1SCc1ccc(Cl)c(Cl)c1. The van der Waals surface area contributed by atoms with E-state index in [-0.39, 0.29) is 12.5 Å². The van der Waals surface area contributed by atoms with Crippen LogP contribution in [0.4, 0.5) is 0 Å². The number of rotatable bonds is 10. The highest BCUT2D eigenvalue weighted by atomic mass is 35.5. The highest BCUT2D eigenvalue weighted by molar-refractivity contribution is 7.98. The number of ether oxygens (including phenoxy) is 2. The van der Waals surface area contributed by atoms with Crippen LogP contribution in [0.2, 0.25) is 10.0 Å². The Hall–Kier alpha value is -2.68. The summed E-state index contributed by atoms with van der Waals surface area (Å²) < 4.78 is 12.5. The van der Waals surface area contributed by atoms with Crippen LogP contribution in [0.25, 0.3) is 6.08 Å². The quantitative estimate of drug-likeness (QED) is 0.299. The number of carbonyl (C=O) groups is 1. The molecule has 0 bridgehead atoms. The van der Waals surface area contributed by atoms with Gasteiger partial charge in [0.2, 0.25) is 5.91 Å². The molecule has 0 saturated carbocycles. The number of aromatic nitrogens is 3. The molecule has 0 unspecified atom stereocenters. The standard InChI is InChI=1S/C23H24Cl2N4O3S/c1-4-29-21(27-28-23(29)33-14-16-5-8-17(24)18(25)11-16)13-26-22(30)10-7-15-6-9-19(31-2)20(12-15)32-3/h5-12H,4,13-14H2,1-3H3,(H,26,30)/b10-7+. The predicted molar refractivity (Wildman–Crippen MR) is 132 cm³/mol. The molecule has 0 aliphatic heterocycles. The molecule has 1 amide bonds. The van der Waals surface area contributed by atoms with E-state index in [1.54, 1.807) is 50.3 Å². The van der Waals surface area contributed by atoms with Crippen LogP contribution in [-0.4, -0.2) is 34.9 Å². The van der Waals surface area contributed by atoms with Crippen LogP contribution in [0, 0.1) is 0 Å². The Morgan fingerprint density at radius 2 is 1.88 bits per heavy atom. The maximum absolute atomic E-state index is 12.3. The van der Waals surface area contributed by atoms with Gasteiger partial charge in [-0.15, -0.1) is 10.2 Å². The summed E-state index contributed by atoms with van der Waals surface area (Å²) in [5.41, 5.74) is 1.86. The molecule has 174 valence electrons. The average molecular weight is 507 g/mol. The third-order valence-electron chi connectivity index (χ3n) is 4.72. The van der Waals surface area contributed by atoms with Crippen molar-refractivity contribution in [1.82, 2.24) is 20.1 Å². The van der Waals surface area contributed by atoms with E-state index in [1.807, 2.05) is 29.7 Å². The van der Waals surface area contributed by atoms with Gasteiger partial charge in [-0.25, -0.2) is 0 Å². The highest BCUT2D eigenvalue weighted by Gasteiger charge is 2.12. The number of hydrogen-bond acceptors (Lipinski definition) is 6. The molecule has 1 aromatic heterocycles. The molecule has 2 aromatic carbocycles. The Kier molecular flexibility index (Phi) is 9.05. The fourth-order valence-electron chi connectivity index (χ4n) is 3.00. The molecule has 3 aromatic rings. The Labute approximate surface area is 207 Å². The summed E-state index contributed by atoms with van der Waals surface area (Å²) in [7, 11) is 3.14. The Balaban J connectivity index is 1.58. The lowest BCUT2D eigenvalue weighted by molar-refractivity contribution is -0.116. The minimum absolute atomic E-state index is 0.236. The van der Waals surface area contributed by atoms with Crippen molar-refractivity contribution in [1.29, 1.82) is 0 Å². The summed E-state index contributed by atoms with van der Waals surface area (Å²) in [6.45, 7) is 2.96. The third-order valence-corrected chi connectivity index (χ3v) is 6.49. The van der Waals surface area contributed by atoms with Gasteiger partial charge in [-0.05, 0) is 48.4 Å². The molecule has 0 spiro atoms. The molecule has 1 heterocycles. The van der Waals surface area contributed by atoms with Gasteiger partial charge in [0.25, 0.3) is 0 Å². The normalized spacial score (nSPS) is 11.1. The van der Waals surface area contributed by atoms with Crippen LogP contribution < -0.4 is 14.8 Å². The molecule has 33 heavy (non-hydrogen) atoms. The van der Waals surface area contributed by atoms with Gasteiger partial charge in [0, 0.05) is 18.4 Å². The lowest BCUT2D eigenvalue weighted by Gasteiger charge is -2.08. The number of nitrogens with one attached hydrogen (secondary N) is 1. The van der Waals surface area contributed by atoms with E-state index in [4.69, 9.17) is 32.7 Å². The second kappa shape index (κ2) is 12.0. The summed E-state index contributed by atoms with van der Waals surface area (Å²) in [4.78, 5) is 12.3. The zero-order valence-electron chi connectivity index (χ0n) is 18.5. The van der Waals surface area contributed by atoms with Gasteiger partial charge in [0.05, 0.1) is 30.8 Å². The van der Waals surface area contributed by atoms with Gasteiger partial charge in [0.1, 0.15) is 0 Å². The second-order valence-electron chi connectivity index (χ2n) is 6.85. The number of hydrogen-bond donors (Lipinski definition) is 1. The van der Waals surface area contributed by atoms with E-state index >= 15 is 0 Å². The van der Waals surface area contributed by atoms with Crippen molar-refractivity contribution in [2.45, 2.75) is 30.9 Å². The van der Waals surface area contributed by atoms with Crippen LogP contribution in [0.3, 0.4) is 0 Å². The molecular formula is C23H24Cl2N4O3S. The first kappa shape index (κ1) is 25.0. The van der Waals surface area contributed by atoms with Crippen LogP contribution >= 0.6 is 35.0 Å². The molecule has 0 saturated heterocycles. The first-order valence-electron chi connectivity index (χ1n) is 10.1. The van der Waals surface area contributed by atoms with E-state index in [9.17, 15) is 4.79 Å². The highest BCUT2D eigenvalue weighted by Crippen LogP contribution is 2.28. The molecule has 0 aliphatic carbocycles. The molecule has 10 heteroatoms. The fourth-order valence-corrected chi connectivity index (χ4v) is 4.29. The summed E-state index contributed by atoms with van der Waals surface area (Å²) in [5.74, 6) is 2.35. The first-order chi connectivity index (χ1) is 15.9. The van der Waals surface area contributed by atoms with E-state index in [0.29, 0.717) is 39.7 Å². The van der Waals surface area contributed by atoms with E-state index < -0.39 is 0 Å². The molecule has 1 N–H and O–H groups in total. The zero-order valence-corrected chi connectivity index (χ0v) is 20.8. The number of thioether (sulfide) groups is 1. The summed E-state index contributed by atoms with van der Waals surface area (Å²) in [5, 5.41) is 13.2. The summed E-state index contributed by atoms with van der Waals surface area (Å²) in [6, 6.07) is 11.0. The van der Waals surface area contributed by atoms with Crippen molar-refractivity contribution in [2.75, 3.05) is 14.2 Å². The van der Waals surface area contributed by atoms with Crippen molar-refractivity contribution in [3.8, 4) is 11.5 Å². The minimum atomic E-state index is -0.236. The van der Waals surface area contributed by atoms with Gasteiger partial charge in [0.15, 0.2) is 22.5 Å². The van der Waals surface area contributed by atoms with Crippen molar-refractivity contribution in [2.24, 2.45) is 0 Å². The van der Waals surface area contributed by atoms with Gasteiger partial charge in [-0.1, -0.05) is 47.1 Å². The Morgan fingerprint density at radius 3 is 2.58 bits per heavy atom. The van der Waals surface area contributed by atoms with Gasteiger partial charge in [-0.2, -0.15) is 0 Å². The van der Waals surface area contributed by atoms with E-state index in [2.05, 4.69) is 15.5 Å². The average Bonchev–Trinajstić information content (AvgIpc) is 3.23. The second-order valence-corrected chi connectivity index (χ2v) is 8.60. The maximum Gasteiger partial charge on any atom is 0.244 e. The molecule has 0 atom stereocenters. The molecule has 0 fully saturated rings. The predicted octanol–water partition coefficient (Wildman–Crippen LogP) is 5.24. The van der Waals surface area contributed by atoms with Crippen molar-refractivity contribution in [3.63, 3.8) is 0 Å². The van der Waals surface area contributed by atoms with Crippen molar-refractivity contribution in [3.05, 3.63) is 69.5 Å². The van der Waals surface area contributed by atoms with Crippen molar-refractivity contribution < 1.29 is 14.3 Å². The van der Waals surface area contributed by atoms with Gasteiger partial charge < -0.3 is 19.4 Å². The monoisotopic (exact) mass is 506 g/mol. The Bertz CT molecular complexity index is 1150. The topological polar surface area (TPSA) is 78.3 Å². The molecule has 0 radical (unpaired) electrons. The van der Waals surface area contributed by atoms with E-state index in [1.165, 1.54) is 6.08 Å². The lowest BCUT2D eigenvalue weighted by Crippen LogP contribution is -2.22. The molecule has 7 nitrogen and oxygen atoms in total. The lowest BCUT2D eigenvalue weighted by atomic mass is 10.2.